The minimum Gasteiger partial charge on any atom is -0.404 e. The molecule has 0 bridgehead atoms. The van der Waals surface area contributed by atoms with E-state index >= 15 is 0 Å². The number of rotatable bonds is 2. The first-order valence-electron chi connectivity index (χ1n) is 2.43. The smallest absolute Gasteiger partial charge is 0.246 e. The van der Waals surface area contributed by atoms with E-state index < -0.39 is 5.91 Å². The van der Waals surface area contributed by atoms with Crippen molar-refractivity contribution in [1.82, 2.24) is 0 Å². The summed E-state index contributed by atoms with van der Waals surface area (Å²) in [5, 5.41) is 0. The second-order valence-electron chi connectivity index (χ2n) is 1.41. The predicted molar refractivity (Wildman–Crippen MR) is 31.8 cm³/mol. The summed E-state index contributed by atoms with van der Waals surface area (Å²) < 4.78 is 0. The minimum absolute atomic E-state index is 0.435. The maximum absolute atomic E-state index is 10.2. The number of carbonyl (C=O) groups excluding carboxylic acids is 1. The lowest BCUT2D eigenvalue weighted by Gasteiger charge is -1.92. The third kappa shape index (κ3) is 1.64. The molecule has 0 aliphatic carbocycles. The van der Waals surface area contributed by atoms with Crippen LogP contribution in [-0.4, -0.2) is 5.91 Å². The second kappa shape index (κ2) is 3.07. The third-order valence-electron chi connectivity index (χ3n) is 0.899. The maximum atomic E-state index is 10.2. The molecule has 0 aromatic heterocycles. The first kappa shape index (κ1) is 7.01. The quantitative estimate of drug-likeness (QED) is 0.485. The van der Waals surface area contributed by atoms with Gasteiger partial charge in [-0.2, -0.15) is 0 Å². The molecular weight excluding hydrogens is 104 g/mol. The van der Waals surface area contributed by atoms with Crippen LogP contribution < -0.4 is 11.5 Å². The highest BCUT2D eigenvalue weighted by atomic mass is 16.1. The Morgan fingerprint density at radius 2 is 2.25 bits per heavy atom. The number of primary amides is 1. The molecule has 8 heavy (non-hydrogen) atoms. The van der Waals surface area contributed by atoms with Gasteiger partial charge in [0.2, 0.25) is 5.91 Å². The van der Waals surface area contributed by atoms with E-state index in [9.17, 15) is 4.79 Å². The van der Waals surface area contributed by atoms with E-state index in [1.165, 1.54) is 6.20 Å². The van der Waals surface area contributed by atoms with E-state index in [0.29, 0.717) is 12.0 Å². The Morgan fingerprint density at radius 1 is 1.75 bits per heavy atom. The van der Waals surface area contributed by atoms with Crippen molar-refractivity contribution in [3.63, 3.8) is 0 Å². The van der Waals surface area contributed by atoms with Crippen LogP contribution in [0.3, 0.4) is 0 Å². The van der Waals surface area contributed by atoms with Crippen LogP contribution in [0, 0.1) is 0 Å². The highest BCUT2D eigenvalue weighted by molar-refractivity contribution is 5.91. The van der Waals surface area contributed by atoms with Crippen LogP contribution in [0.15, 0.2) is 11.8 Å². The van der Waals surface area contributed by atoms with Crippen LogP contribution in [0.1, 0.15) is 13.3 Å². The van der Waals surface area contributed by atoms with Gasteiger partial charge in [-0.15, -0.1) is 0 Å². The van der Waals surface area contributed by atoms with Crippen molar-refractivity contribution in [2.45, 2.75) is 13.3 Å². The molecule has 0 aliphatic rings. The zero-order valence-corrected chi connectivity index (χ0v) is 4.85. The summed E-state index contributed by atoms with van der Waals surface area (Å²) in [6.07, 6.45) is 1.84. The molecule has 3 nitrogen and oxygen atoms in total. The van der Waals surface area contributed by atoms with Gasteiger partial charge in [-0.05, 0) is 6.42 Å². The van der Waals surface area contributed by atoms with Gasteiger partial charge in [-0.25, -0.2) is 0 Å². The Bertz CT molecular complexity index is 118. The van der Waals surface area contributed by atoms with Crippen LogP contribution in [-0.2, 0) is 4.79 Å². The fourth-order valence-corrected chi connectivity index (χ4v) is 0.374. The standard InChI is InChI=1S/C5H10N2O/c1-2-4(3-6)5(7)8/h3H,2,6H2,1H3,(H2,7,8)/b4-3+. The molecule has 0 aliphatic heterocycles. The second-order valence-corrected chi connectivity index (χ2v) is 1.41. The van der Waals surface area contributed by atoms with Crippen LogP contribution in [0.25, 0.3) is 0 Å². The predicted octanol–water partition coefficient (Wildman–Crippen LogP) is -0.276. The van der Waals surface area contributed by atoms with E-state index in [0.717, 1.165) is 0 Å². The molecule has 0 unspecified atom stereocenters. The molecule has 0 aromatic carbocycles. The van der Waals surface area contributed by atoms with Crippen LogP contribution in [0.4, 0.5) is 0 Å². The molecule has 0 saturated heterocycles. The summed E-state index contributed by atoms with van der Waals surface area (Å²) in [6, 6.07) is 0. The summed E-state index contributed by atoms with van der Waals surface area (Å²) in [4.78, 5) is 10.2. The van der Waals surface area contributed by atoms with Crippen molar-refractivity contribution < 1.29 is 4.79 Å². The average Bonchev–Trinajstić information content (AvgIpc) is 1.69. The maximum Gasteiger partial charge on any atom is 0.246 e. The summed E-state index contributed by atoms with van der Waals surface area (Å²) in [7, 11) is 0. The van der Waals surface area contributed by atoms with Gasteiger partial charge >= 0.3 is 0 Å². The van der Waals surface area contributed by atoms with Crippen molar-refractivity contribution in [2.24, 2.45) is 11.5 Å². The van der Waals surface area contributed by atoms with Crippen molar-refractivity contribution in [2.75, 3.05) is 0 Å². The Labute approximate surface area is 48.4 Å². The number of amides is 1. The lowest BCUT2D eigenvalue weighted by atomic mass is 10.2. The Kier molecular flexibility index (Phi) is 2.69. The highest BCUT2D eigenvalue weighted by Crippen LogP contribution is 1.93. The number of hydrogen-bond acceptors (Lipinski definition) is 2. The first-order chi connectivity index (χ1) is 3.72. The van der Waals surface area contributed by atoms with Gasteiger partial charge in [0.05, 0.1) is 0 Å². The Hall–Kier alpha value is -0.990. The zero-order chi connectivity index (χ0) is 6.57. The third-order valence-corrected chi connectivity index (χ3v) is 0.899. The highest BCUT2D eigenvalue weighted by Gasteiger charge is 1.97. The molecule has 4 N–H and O–H groups in total. The van der Waals surface area contributed by atoms with Gasteiger partial charge in [-0.1, -0.05) is 6.92 Å². The Balaban J connectivity index is 3.92. The largest absolute Gasteiger partial charge is 0.404 e. The lowest BCUT2D eigenvalue weighted by molar-refractivity contribution is -0.114. The van der Waals surface area contributed by atoms with Crippen molar-refractivity contribution in [3.05, 3.63) is 11.8 Å². The number of hydrogen-bond donors (Lipinski definition) is 2. The van der Waals surface area contributed by atoms with E-state index in [-0.39, 0.29) is 0 Å². The van der Waals surface area contributed by atoms with Crippen LogP contribution in [0.5, 0.6) is 0 Å². The molecule has 0 rings (SSSR count). The van der Waals surface area contributed by atoms with Gasteiger partial charge < -0.3 is 11.5 Å². The van der Waals surface area contributed by atoms with Crippen LogP contribution in [0.2, 0.25) is 0 Å². The summed E-state index contributed by atoms with van der Waals surface area (Å²) >= 11 is 0. The number of carbonyl (C=O) groups is 1. The molecule has 0 spiro atoms. The van der Waals surface area contributed by atoms with Crippen molar-refractivity contribution in [1.29, 1.82) is 0 Å². The molecule has 46 valence electrons. The van der Waals surface area contributed by atoms with E-state index in [1.807, 2.05) is 6.92 Å². The van der Waals surface area contributed by atoms with Crippen molar-refractivity contribution in [3.8, 4) is 0 Å². The van der Waals surface area contributed by atoms with Gasteiger partial charge in [0, 0.05) is 11.8 Å². The lowest BCUT2D eigenvalue weighted by Crippen LogP contribution is -2.14. The van der Waals surface area contributed by atoms with Gasteiger partial charge in [0.15, 0.2) is 0 Å². The van der Waals surface area contributed by atoms with E-state index in [1.54, 1.807) is 0 Å². The van der Waals surface area contributed by atoms with Gasteiger partial charge in [0.25, 0.3) is 0 Å². The van der Waals surface area contributed by atoms with E-state index in [2.05, 4.69) is 0 Å². The Morgan fingerprint density at radius 3 is 2.25 bits per heavy atom. The van der Waals surface area contributed by atoms with Crippen LogP contribution >= 0.6 is 0 Å². The molecule has 0 aromatic rings. The first-order valence-corrected chi connectivity index (χ1v) is 2.43. The molecule has 0 fully saturated rings. The van der Waals surface area contributed by atoms with Gasteiger partial charge in [0.1, 0.15) is 0 Å². The molecule has 0 saturated carbocycles. The molecular formula is C5H10N2O. The summed E-state index contributed by atoms with van der Waals surface area (Å²) in [6.45, 7) is 1.82. The van der Waals surface area contributed by atoms with Gasteiger partial charge in [-0.3, -0.25) is 4.79 Å². The fourth-order valence-electron chi connectivity index (χ4n) is 0.374. The molecule has 1 amide bonds. The number of nitrogens with two attached hydrogens (primary N) is 2. The van der Waals surface area contributed by atoms with E-state index in [4.69, 9.17) is 11.5 Å². The SMILES string of the molecule is CC/C(=C\N)C(N)=O. The average molecular weight is 114 g/mol. The molecule has 0 heterocycles. The minimum atomic E-state index is -0.435. The summed E-state index contributed by atoms with van der Waals surface area (Å²) in [5.74, 6) is -0.435. The monoisotopic (exact) mass is 114 g/mol. The topological polar surface area (TPSA) is 69.1 Å². The molecule has 0 atom stereocenters. The zero-order valence-electron chi connectivity index (χ0n) is 4.85. The molecule has 0 radical (unpaired) electrons. The fraction of sp³-hybridized carbons (Fsp3) is 0.400. The normalized spacial score (nSPS) is 11.4. The van der Waals surface area contributed by atoms with Crippen molar-refractivity contribution >= 4 is 5.91 Å². The summed E-state index contributed by atoms with van der Waals surface area (Å²) in [5.41, 5.74) is 10.4. The molecule has 3 heteroatoms.